The fourth-order valence-corrected chi connectivity index (χ4v) is 9.10. The zero-order valence-electron chi connectivity index (χ0n) is 25.9. The van der Waals surface area contributed by atoms with E-state index in [1.165, 1.54) is 36.0 Å². The summed E-state index contributed by atoms with van der Waals surface area (Å²) in [5, 5.41) is 4.21. The summed E-state index contributed by atoms with van der Waals surface area (Å²) in [6.07, 6.45) is 3.55. The normalized spacial score (nSPS) is 28.8. The molecule has 0 aromatic heterocycles. The molecule has 7 nitrogen and oxygen atoms in total. The van der Waals surface area contributed by atoms with E-state index in [4.69, 9.17) is 16.6 Å². The van der Waals surface area contributed by atoms with E-state index in [1.54, 1.807) is 23.1 Å². The molecule has 2 aromatic carbocycles. The second kappa shape index (κ2) is 11.1. The van der Waals surface area contributed by atoms with Crippen LogP contribution in [0.3, 0.4) is 0 Å². The highest BCUT2D eigenvalue weighted by Crippen LogP contribution is 2.56. The highest BCUT2D eigenvalue weighted by molar-refractivity contribution is 8.18. The maximum atomic E-state index is 15.0. The van der Waals surface area contributed by atoms with E-state index >= 15 is 0 Å². The molecule has 1 saturated carbocycles. The van der Waals surface area contributed by atoms with Crippen LogP contribution in [-0.4, -0.2) is 68.9 Å². The second-order valence-corrected chi connectivity index (χ2v) is 15.0. The summed E-state index contributed by atoms with van der Waals surface area (Å²) in [7, 11) is 0. The van der Waals surface area contributed by atoms with Crippen molar-refractivity contribution < 1.29 is 18.4 Å². The largest absolute Gasteiger partial charge is 0.338 e. The van der Waals surface area contributed by atoms with Crippen molar-refractivity contribution in [2.24, 2.45) is 10.9 Å². The lowest BCUT2D eigenvalue weighted by molar-refractivity contribution is -0.144. The van der Waals surface area contributed by atoms with Gasteiger partial charge in [0.15, 0.2) is 5.17 Å². The number of carbonyl (C=O) groups is 2. The number of halogens is 3. The smallest absolute Gasteiger partial charge is 0.263 e. The predicted octanol–water partition coefficient (Wildman–Crippen LogP) is 6.20. The molecule has 2 saturated heterocycles. The number of aliphatic imine (C=N–C) groups is 1. The van der Waals surface area contributed by atoms with E-state index in [0.717, 1.165) is 37.1 Å². The molecule has 5 aliphatic rings. The van der Waals surface area contributed by atoms with Gasteiger partial charge in [0.05, 0.1) is 11.1 Å². The molecule has 7 rings (SSSR count). The van der Waals surface area contributed by atoms with Gasteiger partial charge in [-0.3, -0.25) is 9.59 Å². The van der Waals surface area contributed by atoms with Crippen molar-refractivity contribution in [2.45, 2.75) is 82.6 Å². The van der Waals surface area contributed by atoms with E-state index < -0.39 is 23.4 Å². The molecule has 3 fully saturated rings. The quantitative estimate of drug-likeness (QED) is 0.416. The summed E-state index contributed by atoms with van der Waals surface area (Å²) in [5.74, 6) is -1.12. The van der Waals surface area contributed by atoms with Crippen LogP contribution in [0.4, 0.5) is 8.78 Å². The highest BCUT2D eigenvalue weighted by atomic mass is 35.5. The fraction of sp³-hybridized carbons (Fsp3) is 0.500. The van der Waals surface area contributed by atoms with Crippen LogP contribution in [0, 0.1) is 17.6 Å². The van der Waals surface area contributed by atoms with Crippen LogP contribution < -0.4 is 5.32 Å². The van der Waals surface area contributed by atoms with E-state index in [-0.39, 0.29) is 40.2 Å². The molecule has 4 heterocycles. The summed E-state index contributed by atoms with van der Waals surface area (Å²) in [5.41, 5.74) is 1.35. The highest BCUT2D eigenvalue weighted by Gasteiger charge is 2.55. The lowest BCUT2D eigenvalue weighted by Crippen LogP contribution is -2.58. The molecule has 4 aliphatic heterocycles. The molecule has 4 atom stereocenters. The SMILES string of the molecule is CC(C)C1=C(C(=O)N2[C@H](C)CC[C@@H]2C(=O)N2CCNC3(CC3)C2)SC2=N[C@@](C)(c3ccc(F)cc3)[C@@H](c3ccc(Cl)c(F)c3)N21. The minimum atomic E-state index is -0.911. The Labute approximate surface area is 272 Å². The number of rotatable bonds is 5. The Morgan fingerprint density at radius 3 is 2.51 bits per heavy atom. The van der Waals surface area contributed by atoms with Gasteiger partial charge in [0.1, 0.15) is 28.1 Å². The Morgan fingerprint density at radius 1 is 1.11 bits per heavy atom. The number of allylic oxidation sites excluding steroid dienone is 1. The molecule has 1 N–H and O–H groups in total. The number of hydrogen-bond donors (Lipinski definition) is 1. The van der Waals surface area contributed by atoms with Crippen LogP contribution in [0.2, 0.25) is 5.02 Å². The van der Waals surface area contributed by atoms with Crippen molar-refractivity contribution in [1.29, 1.82) is 0 Å². The summed E-state index contributed by atoms with van der Waals surface area (Å²) in [6, 6.07) is 9.85. The van der Waals surface area contributed by atoms with Gasteiger partial charge in [-0.2, -0.15) is 0 Å². The number of fused-ring (bicyclic) bond motifs is 1. The number of piperazine rings is 1. The van der Waals surface area contributed by atoms with Gasteiger partial charge in [-0.05, 0) is 92.6 Å². The first-order chi connectivity index (χ1) is 21.4. The molecule has 45 heavy (non-hydrogen) atoms. The minimum Gasteiger partial charge on any atom is -0.338 e. The molecule has 11 heteroatoms. The summed E-state index contributed by atoms with van der Waals surface area (Å²) in [4.78, 5) is 40.1. The Morgan fingerprint density at radius 2 is 1.84 bits per heavy atom. The van der Waals surface area contributed by atoms with Crippen molar-refractivity contribution in [3.63, 3.8) is 0 Å². The Bertz CT molecular complexity index is 1630. The molecular weight excluding hydrogens is 616 g/mol. The number of amidine groups is 1. The zero-order chi connectivity index (χ0) is 31.8. The lowest BCUT2D eigenvalue weighted by atomic mass is 9.81. The number of hydrogen-bond acceptors (Lipinski definition) is 6. The summed E-state index contributed by atoms with van der Waals surface area (Å²) in [6.45, 7) is 10.2. The fourth-order valence-electron chi connectivity index (χ4n) is 7.63. The van der Waals surface area contributed by atoms with Crippen molar-refractivity contribution in [1.82, 2.24) is 20.0 Å². The van der Waals surface area contributed by atoms with E-state index in [1.807, 2.05) is 32.6 Å². The van der Waals surface area contributed by atoms with Crippen molar-refractivity contribution >= 4 is 40.3 Å². The number of nitrogens with one attached hydrogen (secondary N) is 1. The van der Waals surface area contributed by atoms with Gasteiger partial charge in [-0.25, -0.2) is 13.8 Å². The molecule has 238 valence electrons. The van der Waals surface area contributed by atoms with Gasteiger partial charge in [-0.1, -0.05) is 43.6 Å². The third-order valence-corrected chi connectivity index (χ3v) is 11.5. The topological polar surface area (TPSA) is 68.2 Å². The zero-order valence-corrected chi connectivity index (χ0v) is 27.5. The molecular formula is C34H38ClF2N5O2S. The standard InChI is InChI=1S/C34H38ClF2N5O2S/c1-19(2)27-28(31(44)41-20(3)5-12-26(41)30(43)40-16-15-38-34(18-40)13-14-34)45-32-39-33(4,22-7-9-23(36)10-8-22)29(42(27)32)21-6-11-24(35)25(37)17-21/h6-11,17,19-20,26,29,38H,5,12-16,18H2,1-4H3/t20-,26-,29-,33+/m1/s1. The molecule has 0 unspecified atom stereocenters. The number of carbonyl (C=O) groups excluding carboxylic acids is 2. The third-order valence-electron chi connectivity index (χ3n) is 10.2. The molecule has 0 bridgehead atoms. The van der Waals surface area contributed by atoms with Gasteiger partial charge in [0.2, 0.25) is 5.91 Å². The summed E-state index contributed by atoms with van der Waals surface area (Å²) >= 11 is 7.41. The number of likely N-dealkylation sites (tertiary alicyclic amines) is 1. The third kappa shape index (κ3) is 5.08. The van der Waals surface area contributed by atoms with Crippen molar-refractivity contribution in [3.05, 3.63) is 80.9 Å². The number of amides is 2. The Balaban J connectivity index is 1.27. The molecule has 1 aliphatic carbocycles. The average Bonchev–Trinajstić information content (AvgIpc) is 3.33. The minimum absolute atomic E-state index is 0.0171. The van der Waals surface area contributed by atoms with E-state index in [9.17, 15) is 18.4 Å². The first-order valence-corrected chi connectivity index (χ1v) is 17.0. The predicted molar refractivity (Wildman–Crippen MR) is 173 cm³/mol. The van der Waals surface area contributed by atoms with Gasteiger partial charge in [0.25, 0.3) is 5.91 Å². The summed E-state index contributed by atoms with van der Waals surface area (Å²) < 4.78 is 28.9. The maximum Gasteiger partial charge on any atom is 0.263 e. The monoisotopic (exact) mass is 653 g/mol. The van der Waals surface area contributed by atoms with Gasteiger partial charge in [0, 0.05) is 36.9 Å². The van der Waals surface area contributed by atoms with Crippen molar-refractivity contribution in [3.8, 4) is 0 Å². The van der Waals surface area contributed by atoms with Gasteiger partial charge >= 0.3 is 0 Å². The number of benzene rings is 2. The van der Waals surface area contributed by atoms with Crippen LogP contribution >= 0.6 is 23.4 Å². The van der Waals surface area contributed by atoms with Crippen LogP contribution in [0.15, 0.2) is 58.1 Å². The van der Waals surface area contributed by atoms with Crippen LogP contribution in [0.5, 0.6) is 0 Å². The van der Waals surface area contributed by atoms with Crippen LogP contribution in [-0.2, 0) is 15.1 Å². The van der Waals surface area contributed by atoms with Crippen LogP contribution in [0.1, 0.15) is 70.5 Å². The van der Waals surface area contributed by atoms with E-state index in [0.29, 0.717) is 35.1 Å². The van der Waals surface area contributed by atoms with Crippen LogP contribution in [0.25, 0.3) is 0 Å². The number of nitrogens with zero attached hydrogens (tertiary/aromatic N) is 4. The Kier molecular flexibility index (Phi) is 7.56. The lowest BCUT2D eigenvalue weighted by Gasteiger charge is -2.38. The molecule has 2 amide bonds. The molecule has 2 aromatic rings. The molecule has 0 radical (unpaired) electrons. The number of thioether (sulfide) groups is 1. The molecule has 1 spiro atoms. The van der Waals surface area contributed by atoms with Gasteiger partial charge < -0.3 is 20.0 Å². The van der Waals surface area contributed by atoms with E-state index in [2.05, 4.69) is 10.2 Å². The average molecular weight is 654 g/mol. The first kappa shape index (κ1) is 30.7. The maximum absolute atomic E-state index is 15.0. The Hall–Kier alpha value is -2.95. The van der Waals surface area contributed by atoms with Crippen molar-refractivity contribution in [2.75, 3.05) is 19.6 Å². The van der Waals surface area contributed by atoms with Gasteiger partial charge in [-0.15, -0.1) is 0 Å². The second-order valence-electron chi connectivity index (χ2n) is 13.6. The first-order valence-electron chi connectivity index (χ1n) is 15.8.